The molecule has 1 aromatic rings. The molecule has 0 aromatic heterocycles. The molecule has 1 aromatic carbocycles. The van der Waals surface area contributed by atoms with Crippen molar-refractivity contribution in [1.82, 2.24) is 4.31 Å². The third-order valence-electron chi connectivity index (χ3n) is 3.40. The predicted molar refractivity (Wildman–Crippen MR) is 69.9 cm³/mol. The quantitative estimate of drug-likeness (QED) is 0.911. The number of phenols is 1. The van der Waals surface area contributed by atoms with Crippen molar-refractivity contribution < 1.29 is 13.5 Å². The number of phenolic OH excluding ortho intramolecular Hbond substituents is 1. The highest BCUT2D eigenvalue weighted by Gasteiger charge is 2.32. The molecule has 1 N–H and O–H groups in total. The summed E-state index contributed by atoms with van der Waals surface area (Å²) in [5.74, 6) is 0.461. The van der Waals surface area contributed by atoms with Crippen LogP contribution >= 0.6 is 0 Å². The lowest BCUT2D eigenvalue weighted by Crippen LogP contribution is -2.28. The van der Waals surface area contributed by atoms with Gasteiger partial charge >= 0.3 is 0 Å². The van der Waals surface area contributed by atoms with Gasteiger partial charge in [-0.05, 0) is 37.0 Å². The fourth-order valence-electron chi connectivity index (χ4n) is 2.45. The fraction of sp³-hybridized carbons (Fsp3) is 0.538. The van der Waals surface area contributed by atoms with Crippen LogP contribution in [-0.2, 0) is 10.0 Å². The third kappa shape index (κ3) is 2.67. The summed E-state index contributed by atoms with van der Waals surface area (Å²) >= 11 is 0. The van der Waals surface area contributed by atoms with Gasteiger partial charge in [0.2, 0.25) is 10.0 Å². The molecule has 0 spiro atoms. The lowest BCUT2D eigenvalue weighted by atomic mass is 10.0. The van der Waals surface area contributed by atoms with Crippen molar-refractivity contribution in [1.29, 1.82) is 0 Å². The average molecular weight is 269 g/mol. The van der Waals surface area contributed by atoms with Gasteiger partial charge in [-0.3, -0.25) is 0 Å². The van der Waals surface area contributed by atoms with Crippen LogP contribution in [0, 0.1) is 5.92 Å². The largest absolute Gasteiger partial charge is 0.508 e. The number of aromatic hydroxyl groups is 1. The Morgan fingerprint density at radius 2 is 2.22 bits per heavy atom. The highest BCUT2D eigenvalue weighted by molar-refractivity contribution is 7.89. The maximum Gasteiger partial charge on any atom is 0.243 e. The van der Waals surface area contributed by atoms with Crippen LogP contribution in [0.25, 0.3) is 0 Å². The predicted octanol–water partition coefficient (Wildman–Crippen LogP) is 2.20. The molecule has 0 bridgehead atoms. The number of benzene rings is 1. The Morgan fingerprint density at radius 3 is 2.89 bits per heavy atom. The first-order chi connectivity index (χ1) is 8.54. The topological polar surface area (TPSA) is 57.6 Å². The van der Waals surface area contributed by atoms with E-state index in [0.29, 0.717) is 19.0 Å². The molecule has 1 atom stereocenters. The number of hydrogen-bond donors (Lipinski definition) is 1. The van der Waals surface area contributed by atoms with Crippen molar-refractivity contribution in [3.63, 3.8) is 0 Å². The Balaban J connectivity index is 2.18. The van der Waals surface area contributed by atoms with E-state index in [0.717, 1.165) is 19.3 Å². The summed E-state index contributed by atoms with van der Waals surface area (Å²) in [5.41, 5.74) is 0. The summed E-state index contributed by atoms with van der Waals surface area (Å²) in [4.78, 5) is 0.180. The Labute approximate surface area is 108 Å². The van der Waals surface area contributed by atoms with Crippen molar-refractivity contribution in [2.75, 3.05) is 13.1 Å². The Kier molecular flexibility index (Phi) is 3.92. The number of sulfonamides is 1. The zero-order valence-corrected chi connectivity index (χ0v) is 11.4. The molecule has 2 rings (SSSR count). The molecule has 0 amide bonds. The first kappa shape index (κ1) is 13.4. The molecule has 0 saturated carbocycles. The summed E-state index contributed by atoms with van der Waals surface area (Å²) in [7, 11) is -3.44. The van der Waals surface area contributed by atoms with E-state index in [-0.39, 0.29) is 10.6 Å². The second-order valence-electron chi connectivity index (χ2n) is 4.80. The molecule has 100 valence electrons. The number of rotatable bonds is 4. The first-order valence-corrected chi connectivity index (χ1v) is 7.77. The normalized spacial score (nSPS) is 21.3. The molecule has 0 aliphatic carbocycles. The van der Waals surface area contributed by atoms with E-state index < -0.39 is 10.0 Å². The molecule has 1 heterocycles. The monoisotopic (exact) mass is 269 g/mol. The smallest absolute Gasteiger partial charge is 0.243 e. The highest BCUT2D eigenvalue weighted by atomic mass is 32.2. The van der Waals surface area contributed by atoms with Crippen LogP contribution in [0.3, 0.4) is 0 Å². The van der Waals surface area contributed by atoms with Crippen molar-refractivity contribution in [2.45, 2.75) is 31.1 Å². The zero-order chi connectivity index (χ0) is 13.2. The van der Waals surface area contributed by atoms with Gasteiger partial charge in [0.25, 0.3) is 0 Å². The van der Waals surface area contributed by atoms with Crippen molar-refractivity contribution in [2.24, 2.45) is 5.92 Å². The van der Waals surface area contributed by atoms with E-state index in [2.05, 4.69) is 6.92 Å². The molecular formula is C13H19NO3S. The lowest BCUT2D eigenvalue weighted by Gasteiger charge is -2.16. The summed E-state index contributed by atoms with van der Waals surface area (Å²) in [6, 6.07) is 5.87. The average Bonchev–Trinajstić information content (AvgIpc) is 2.79. The Morgan fingerprint density at radius 1 is 1.44 bits per heavy atom. The van der Waals surface area contributed by atoms with Crippen LogP contribution in [0.1, 0.15) is 26.2 Å². The second kappa shape index (κ2) is 5.28. The van der Waals surface area contributed by atoms with Gasteiger partial charge in [-0.2, -0.15) is 4.31 Å². The van der Waals surface area contributed by atoms with E-state index in [4.69, 9.17) is 0 Å². The molecule has 4 nitrogen and oxygen atoms in total. The molecule has 1 unspecified atom stereocenters. The molecule has 18 heavy (non-hydrogen) atoms. The molecule has 0 radical (unpaired) electrons. The van der Waals surface area contributed by atoms with Crippen LogP contribution in [0.5, 0.6) is 5.75 Å². The first-order valence-electron chi connectivity index (χ1n) is 6.33. The highest BCUT2D eigenvalue weighted by Crippen LogP contribution is 2.27. The van der Waals surface area contributed by atoms with Gasteiger partial charge in [0, 0.05) is 13.1 Å². The van der Waals surface area contributed by atoms with E-state index in [1.807, 2.05) is 0 Å². The minimum absolute atomic E-state index is 0.0135. The van der Waals surface area contributed by atoms with E-state index in [1.165, 1.54) is 22.5 Å². The summed E-state index contributed by atoms with van der Waals surface area (Å²) in [6.45, 7) is 3.31. The standard InChI is InChI=1S/C13H19NO3S/c1-2-4-11-7-8-14(10-11)18(16,17)13-6-3-5-12(15)9-13/h3,5-6,9,11,15H,2,4,7-8,10H2,1H3. The third-order valence-corrected chi connectivity index (χ3v) is 5.26. The van der Waals surface area contributed by atoms with Gasteiger partial charge in [0.05, 0.1) is 4.90 Å². The number of nitrogens with zero attached hydrogens (tertiary/aromatic N) is 1. The van der Waals surface area contributed by atoms with Crippen LogP contribution in [0.2, 0.25) is 0 Å². The zero-order valence-electron chi connectivity index (χ0n) is 10.5. The Hall–Kier alpha value is -1.07. The summed E-state index contributed by atoms with van der Waals surface area (Å²) < 4.78 is 26.2. The molecule has 5 heteroatoms. The van der Waals surface area contributed by atoms with Gasteiger partial charge < -0.3 is 5.11 Å². The van der Waals surface area contributed by atoms with Crippen molar-refractivity contribution >= 4 is 10.0 Å². The molecule has 1 aliphatic heterocycles. The maximum atomic E-state index is 12.4. The van der Waals surface area contributed by atoms with Gasteiger partial charge in [0.15, 0.2) is 0 Å². The van der Waals surface area contributed by atoms with Crippen LogP contribution in [0.4, 0.5) is 0 Å². The molecule has 1 saturated heterocycles. The Bertz CT molecular complexity index is 513. The van der Waals surface area contributed by atoms with Crippen molar-refractivity contribution in [3.8, 4) is 5.75 Å². The minimum atomic E-state index is -3.44. The lowest BCUT2D eigenvalue weighted by molar-refractivity contribution is 0.442. The minimum Gasteiger partial charge on any atom is -0.508 e. The van der Waals surface area contributed by atoms with Gasteiger partial charge in [-0.25, -0.2) is 8.42 Å². The van der Waals surface area contributed by atoms with Gasteiger partial charge in [-0.1, -0.05) is 19.4 Å². The SMILES string of the molecule is CCCC1CCN(S(=O)(=O)c2cccc(O)c2)C1. The van der Waals surface area contributed by atoms with Crippen LogP contribution < -0.4 is 0 Å². The van der Waals surface area contributed by atoms with Gasteiger partial charge in [-0.15, -0.1) is 0 Å². The maximum absolute atomic E-state index is 12.4. The van der Waals surface area contributed by atoms with Crippen molar-refractivity contribution in [3.05, 3.63) is 24.3 Å². The van der Waals surface area contributed by atoms with Crippen LogP contribution in [-0.4, -0.2) is 30.9 Å². The summed E-state index contributed by atoms with van der Waals surface area (Å²) in [6.07, 6.45) is 3.10. The molecular weight excluding hydrogens is 250 g/mol. The van der Waals surface area contributed by atoms with Crippen LogP contribution in [0.15, 0.2) is 29.2 Å². The molecule has 1 aliphatic rings. The fourth-order valence-corrected chi connectivity index (χ4v) is 4.02. The van der Waals surface area contributed by atoms with E-state index in [9.17, 15) is 13.5 Å². The van der Waals surface area contributed by atoms with E-state index >= 15 is 0 Å². The van der Waals surface area contributed by atoms with E-state index in [1.54, 1.807) is 6.07 Å². The number of hydrogen-bond acceptors (Lipinski definition) is 3. The van der Waals surface area contributed by atoms with Gasteiger partial charge in [0.1, 0.15) is 5.75 Å². The summed E-state index contributed by atoms with van der Waals surface area (Å²) in [5, 5.41) is 9.37. The second-order valence-corrected chi connectivity index (χ2v) is 6.74. The molecule has 1 fully saturated rings.